The summed E-state index contributed by atoms with van der Waals surface area (Å²) >= 11 is 9.50. The first-order valence-corrected chi connectivity index (χ1v) is 5.64. The van der Waals surface area contributed by atoms with Crippen LogP contribution < -0.4 is 0 Å². The minimum atomic E-state index is 0.533. The van der Waals surface area contributed by atoms with Crippen LogP contribution in [-0.2, 0) is 0 Å². The molecule has 2 nitrogen and oxygen atoms in total. The highest BCUT2D eigenvalue weighted by Gasteiger charge is 2.05. The molecule has 0 aliphatic heterocycles. The Kier molecular flexibility index (Phi) is 1.97. The number of halogens is 2. The van der Waals surface area contributed by atoms with Crippen LogP contribution in [-0.4, -0.2) is 9.38 Å². The molecule has 0 radical (unpaired) electrons. The van der Waals surface area contributed by atoms with Gasteiger partial charge in [0.15, 0.2) is 5.15 Å². The Morgan fingerprint density at radius 1 is 1.20 bits per heavy atom. The summed E-state index contributed by atoms with van der Waals surface area (Å²) in [5, 5.41) is 0.533. The summed E-state index contributed by atoms with van der Waals surface area (Å²) in [7, 11) is 0. The second-order valence-corrected chi connectivity index (χ2v) is 4.57. The number of hydrogen-bond donors (Lipinski definition) is 0. The van der Waals surface area contributed by atoms with Gasteiger partial charge >= 0.3 is 0 Å². The second-order valence-electron chi connectivity index (χ2n) is 3.30. The van der Waals surface area contributed by atoms with Crippen LogP contribution in [0.4, 0.5) is 0 Å². The lowest BCUT2D eigenvalue weighted by Gasteiger charge is -2.04. The average molecular weight is 282 g/mol. The molecule has 3 aromatic rings. The van der Waals surface area contributed by atoms with Gasteiger partial charge in [0.05, 0.1) is 16.6 Å². The summed E-state index contributed by atoms with van der Waals surface area (Å²) < 4.78 is 3.04. The van der Waals surface area contributed by atoms with Gasteiger partial charge in [0.1, 0.15) is 0 Å². The van der Waals surface area contributed by atoms with Crippen LogP contribution in [0.25, 0.3) is 16.6 Å². The van der Waals surface area contributed by atoms with E-state index in [-0.39, 0.29) is 0 Å². The number of hydrogen-bond acceptors (Lipinski definition) is 1. The van der Waals surface area contributed by atoms with Crippen molar-refractivity contribution in [3.8, 4) is 0 Å². The monoisotopic (exact) mass is 280 g/mol. The molecule has 0 N–H and O–H groups in total. The predicted molar refractivity (Wildman–Crippen MR) is 65.4 cm³/mol. The fraction of sp³-hybridized carbons (Fsp3) is 0. The first kappa shape index (κ1) is 9.19. The van der Waals surface area contributed by atoms with Gasteiger partial charge in [-0.2, -0.15) is 0 Å². The van der Waals surface area contributed by atoms with Gasteiger partial charge in [-0.15, -0.1) is 0 Å². The van der Waals surface area contributed by atoms with Gasteiger partial charge in [0.2, 0.25) is 0 Å². The largest absolute Gasteiger partial charge is 0.312 e. The molecule has 74 valence electrons. The molecule has 2 aromatic heterocycles. The SMILES string of the molecule is Clc1nc2cc(Br)ccc2n2cccc12. The molecule has 0 aliphatic carbocycles. The molecule has 0 saturated heterocycles. The topological polar surface area (TPSA) is 17.3 Å². The van der Waals surface area contributed by atoms with Crippen LogP contribution in [0.15, 0.2) is 41.0 Å². The van der Waals surface area contributed by atoms with Gasteiger partial charge in [-0.05, 0) is 30.3 Å². The number of fused-ring (bicyclic) bond motifs is 3. The van der Waals surface area contributed by atoms with Crippen LogP contribution in [0.1, 0.15) is 0 Å². The highest BCUT2D eigenvalue weighted by Crippen LogP contribution is 2.24. The standard InChI is InChI=1S/C11H6BrClN2/c12-7-3-4-9-8(6-7)14-11(13)10-2-1-5-15(9)10/h1-6H. The van der Waals surface area contributed by atoms with Crippen molar-refractivity contribution in [1.82, 2.24) is 9.38 Å². The molecular weight excluding hydrogens is 275 g/mol. The van der Waals surface area contributed by atoms with Gasteiger partial charge in [-0.1, -0.05) is 27.5 Å². The number of benzene rings is 1. The Labute approximate surface area is 99.6 Å². The van der Waals surface area contributed by atoms with Crippen LogP contribution in [0.5, 0.6) is 0 Å². The van der Waals surface area contributed by atoms with E-state index in [4.69, 9.17) is 11.6 Å². The van der Waals surface area contributed by atoms with Crippen molar-refractivity contribution in [1.29, 1.82) is 0 Å². The van der Waals surface area contributed by atoms with Gasteiger partial charge in [-0.25, -0.2) is 4.98 Å². The van der Waals surface area contributed by atoms with E-state index < -0.39 is 0 Å². The minimum Gasteiger partial charge on any atom is -0.312 e. The maximum absolute atomic E-state index is 6.08. The van der Waals surface area contributed by atoms with Crippen LogP contribution in [0.2, 0.25) is 5.15 Å². The molecule has 1 aromatic carbocycles. The Balaban J connectivity index is 2.60. The van der Waals surface area contributed by atoms with E-state index in [1.165, 1.54) is 0 Å². The van der Waals surface area contributed by atoms with Gasteiger partial charge in [0.25, 0.3) is 0 Å². The van der Waals surface area contributed by atoms with E-state index in [1.807, 2.05) is 40.9 Å². The molecule has 2 heterocycles. The number of nitrogens with zero attached hydrogens (tertiary/aromatic N) is 2. The summed E-state index contributed by atoms with van der Waals surface area (Å²) in [6.45, 7) is 0. The van der Waals surface area contributed by atoms with Gasteiger partial charge in [-0.3, -0.25) is 0 Å². The zero-order valence-corrected chi connectivity index (χ0v) is 9.96. The Bertz CT molecular complexity index is 660. The van der Waals surface area contributed by atoms with Crippen molar-refractivity contribution in [2.24, 2.45) is 0 Å². The average Bonchev–Trinajstić information content (AvgIpc) is 2.66. The van der Waals surface area contributed by atoms with E-state index in [1.54, 1.807) is 0 Å². The van der Waals surface area contributed by atoms with Crippen LogP contribution >= 0.6 is 27.5 Å². The van der Waals surface area contributed by atoms with E-state index >= 15 is 0 Å². The van der Waals surface area contributed by atoms with Crippen molar-refractivity contribution < 1.29 is 0 Å². The maximum atomic E-state index is 6.08. The summed E-state index contributed by atoms with van der Waals surface area (Å²) in [5.74, 6) is 0. The maximum Gasteiger partial charge on any atom is 0.153 e. The van der Waals surface area contributed by atoms with Gasteiger partial charge < -0.3 is 4.40 Å². The summed E-state index contributed by atoms with van der Waals surface area (Å²) in [5.41, 5.74) is 2.88. The molecular formula is C11H6BrClN2. The van der Waals surface area contributed by atoms with E-state index in [2.05, 4.69) is 20.9 Å². The lowest BCUT2D eigenvalue weighted by Crippen LogP contribution is -1.90. The lowest BCUT2D eigenvalue weighted by atomic mass is 10.3. The normalized spacial score (nSPS) is 11.3. The molecule has 4 heteroatoms. The van der Waals surface area contributed by atoms with Gasteiger partial charge in [0, 0.05) is 10.7 Å². The van der Waals surface area contributed by atoms with E-state index in [0.29, 0.717) is 5.15 Å². The van der Waals surface area contributed by atoms with Crippen molar-refractivity contribution >= 4 is 44.1 Å². The van der Waals surface area contributed by atoms with Crippen molar-refractivity contribution in [3.63, 3.8) is 0 Å². The smallest absolute Gasteiger partial charge is 0.153 e. The molecule has 3 rings (SSSR count). The molecule has 0 aliphatic rings. The molecule has 0 unspecified atom stereocenters. The quantitative estimate of drug-likeness (QED) is 0.611. The van der Waals surface area contributed by atoms with E-state index in [9.17, 15) is 0 Å². The van der Waals surface area contributed by atoms with E-state index in [0.717, 1.165) is 21.0 Å². The Morgan fingerprint density at radius 3 is 2.93 bits per heavy atom. The fourth-order valence-electron chi connectivity index (χ4n) is 1.71. The molecule has 0 atom stereocenters. The minimum absolute atomic E-state index is 0.533. The molecule has 0 spiro atoms. The highest BCUT2D eigenvalue weighted by molar-refractivity contribution is 9.10. The third kappa shape index (κ3) is 1.34. The lowest BCUT2D eigenvalue weighted by molar-refractivity contribution is 1.23. The molecule has 0 fully saturated rings. The Morgan fingerprint density at radius 2 is 2.07 bits per heavy atom. The third-order valence-electron chi connectivity index (χ3n) is 2.38. The third-order valence-corrected chi connectivity index (χ3v) is 3.15. The first-order valence-electron chi connectivity index (χ1n) is 4.47. The molecule has 0 amide bonds. The zero-order chi connectivity index (χ0) is 10.4. The molecule has 0 saturated carbocycles. The first-order chi connectivity index (χ1) is 7.25. The summed E-state index contributed by atoms with van der Waals surface area (Å²) in [6, 6.07) is 9.90. The molecule has 15 heavy (non-hydrogen) atoms. The molecule has 0 bridgehead atoms. The zero-order valence-electron chi connectivity index (χ0n) is 7.61. The van der Waals surface area contributed by atoms with Crippen molar-refractivity contribution in [3.05, 3.63) is 46.2 Å². The Hall–Kier alpha value is -1.06. The summed E-state index contributed by atoms with van der Waals surface area (Å²) in [6.07, 6.45) is 1.99. The van der Waals surface area contributed by atoms with Crippen LogP contribution in [0.3, 0.4) is 0 Å². The number of rotatable bonds is 0. The highest BCUT2D eigenvalue weighted by atomic mass is 79.9. The summed E-state index contributed by atoms with van der Waals surface area (Å²) in [4.78, 5) is 4.35. The van der Waals surface area contributed by atoms with Crippen molar-refractivity contribution in [2.45, 2.75) is 0 Å². The second kappa shape index (κ2) is 3.22. The fourth-order valence-corrected chi connectivity index (χ4v) is 2.31. The number of aromatic nitrogens is 2. The predicted octanol–water partition coefficient (Wildman–Crippen LogP) is 3.90. The van der Waals surface area contributed by atoms with Crippen LogP contribution in [0, 0.1) is 0 Å². The van der Waals surface area contributed by atoms with Crippen molar-refractivity contribution in [2.75, 3.05) is 0 Å².